The quantitative estimate of drug-likeness (QED) is 0.731. The van der Waals surface area contributed by atoms with Crippen molar-refractivity contribution >= 4 is 49.1 Å². The van der Waals surface area contributed by atoms with Crippen molar-refractivity contribution in [2.45, 2.75) is 0 Å². The average Bonchev–Trinajstić information content (AvgIpc) is 2.36. The summed E-state index contributed by atoms with van der Waals surface area (Å²) in [4.78, 5) is 12.0. The number of amides is 1. The number of benzene rings is 2. The summed E-state index contributed by atoms with van der Waals surface area (Å²) >= 11 is 6.14. The Morgan fingerprint density at radius 3 is 2.30 bits per heavy atom. The van der Waals surface area contributed by atoms with E-state index >= 15 is 0 Å². The summed E-state index contributed by atoms with van der Waals surface area (Å²) in [6.45, 7) is 0. The molecule has 1 amide bonds. The second kappa shape index (κ2) is 5.88. The minimum absolute atomic E-state index is 0.187. The lowest BCUT2D eigenvalue weighted by atomic mass is 10.2. The number of carbonyl (C=O) groups excluding carboxylic acids is 1. The van der Waals surface area contributed by atoms with Gasteiger partial charge >= 0.3 is 0 Å². The summed E-state index contributed by atoms with van der Waals surface area (Å²) < 4.78 is 28.0. The predicted molar refractivity (Wildman–Crippen MR) is 80.6 cm³/mol. The molecule has 3 nitrogen and oxygen atoms in total. The zero-order valence-electron chi connectivity index (χ0n) is 9.88. The fourth-order valence-corrected chi connectivity index (χ4v) is 2.39. The molecule has 2 rings (SSSR count). The summed E-state index contributed by atoms with van der Waals surface area (Å²) in [7, 11) is 0. The third-order valence-corrected chi connectivity index (χ3v) is 3.63. The van der Waals surface area contributed by atoms with Gasteiger partial charge in [-0.15, -0.1) is 0 Å². The monoisotopic (exact) mass is 404 g/mol. The average molecular weight is 406 g/mol. The highest BCUT2D eigenvalue weighted by molar-refractivity contribution is 9.10. The van der Waals surface area contributed by atoms with Crippen molar-refractivity contribution in [3.63, 3.8) is 0 Å². The molecule has 7 heteroatoms. The molecule has 2 aromatic carbocycles. The second-order valence-electron chi connectivity index (χ2n) is 3.94. The van der Waals surface area contributed by atoms with E-state index in [1.165, 1.54) is 6.07 Å². The Labute approximate surface area is 130 Å². The third kappa shape index (κ3) is 3.16. The van der Waals surface area contributed by atoms with Crippen LogP contribution in [0.25, 0.3) is 0 Å². The van der Waals surface area contributed by atoms with E-state index in [9.17, 15) is 13.6 Å². The maximum Gasteiger partial charge on any atom is 0.257 e. The SMILES string of the molecule is Nc1ccc(Br)c(C(=O)Nc2c(F)cc(Br)cc2F)c1. The lowest BCUT2D eigenvalue weighted by molar-refractivity contribution is 0.102. The summed E-state index contributed by atoms with van der Waals surface area (Å²) in [6.07, 6.45) is 0. The largest absolute Gasteiger partial charge is 0.399 e. The molecule has 0 saturated carbocycles. The van der Waals surface area contributed by atoms with E-state index in [0.29, 0.717) is 10.2 Å². The fourth-order valence-electron chi connectivity index (χ4n) is 1.56. The minimum Gasteiger partial charge on any atom is -0.399 e. The van der Waals surface area contributed by atoms with Gasteiger partial charge in [0.1, 0.15) is 5.69 Å². The molecule has 0 fully saturated rings. The molecule has 0 aromatic heterocycles. The number of nitrogens with one attached hydrogen (secondary N) is 1. The van der Waals surface area contributed by atoms with Gasteiger partial charge in [0.15, 0.2) is 11.6 Å². The number of hydrogen-bond acceptors (Lipinski definition) is 2. The third-order valence-electron chi connectivity index (χ3n) is 2.48. The lowest BCUT2D eigenvalue weighted by Crippen LogP contribution is -2.15. The van der Waals surface area contributed by atoms with E-state index in [2.05, 4.69) is 37.2 Å². The van der Waals surface area contributed by atoms with Gasteiger partial charge in [-0.2, -0.15) is 0 Å². The number of hydrogen-bond donors (Lipinski definition) is 2. The Balaban J connectivity index is 2.35. The molecule has 0 radical (unpaired) electrons. The van der Waals surface area contributed by atoms with E-state index in [1.807, 2.05) is 0 Å². The van der Waals surface area contributed by atoms with Crippen LogP contribution in [0.3, 0.4) is 0 Å². The zero-order chi connectivity index (χ0) is 14.9. The van der Waals surface area contributed by atoms with Crippen LogP contribution in [0, 0.1) is 11.6 Å². The Bertz CT molecular complexity index is 669. The first-order valence-corrected chi connectivity index (χ1v) is 6.98. The molecule has 0 bridgehead atoms. The van der Waals surface area contributed by atoms with E-state index in [-0.39, 0.29) is 10.0 Å². The predicted octanol–water partition coefficient (Wildman–Crippen LogP) is 4.32. The number of rotatable bonds is 2. The van der Waals surface area contributed by atoms with E-state index in [1.54, 1.807) is 12.1 Å². The van der Waals surface area contributed by atoms with E-state index in [4.69, 9.17) is 5.73 Å². The molecule has 0 heterocycles. The Morgan fingerprint density at radius 2 is 1.70 bits per heavy atom. The maximum absolute atomic E-state index is 13.6. The van der Waals surface area contributed by atoms with Crippen LogP contribution in [-0.4, -0.2) is 5.91 Å². The highest BCUT2D eigenvalue weighted by Gasteiger charge is 2.16. The lowest BCUT2D eigenvalue weighted by Gasteiger charge is -2.10. The van der Waals surface area contributed by atoms with Crippen LogP contribution in [-0.2, 0) is 0 Å². The second-order valence-corrected chi connectivity index (χ2v) is 5.71. The van der Waals surface area contributed by atoms with Crippen molar-refractivity contribution in [1.82, 2.24) is 0 Å². The molecule has 3 N–H and O–H groups in total. The first-order chi connectivity index (χ1) is 9.38. The first-order valence-electron chi connectivity index (χ1n) is 5.39. The highest BCUT2D eigenvalue weighted by atomic mass is 79.9. The first kappa shape index (κ1) is 14.9. The van der Waals surface area contributed by atoms with Crippen LogP contribution in [0.2, 0.25) is 0 Å². The van der Waals surface area contributed by atoms with Crippen molar-refractivity contribution < 1.29 is 13.6 Å². The molecule has 0 aliphatic rings. The molecule has 0 unspecified atom stereocenters. The van der Waals surface area contributed by atoms with E-state index < -0.39 is 23.2 Å². The molecule has 2 aromatic rings. The van der Waals surface area contributed by atoms with Crippen LogP contribution in [0.4, 0.5) is 20.2 Å². The number of nitrogen functional groups attached to an aromatic ring is 1. The zero-order valence-corrected chi connectivity index (χ0v) is 13.1. The number of nitrogens with two attached hydrogens (primary N) is 1. The van der Waals surface area contributed by atoms with Gasteiger partial charge in [-0.1, -0.05) is 15.9 Å². The van der Waals surface area contributed by atoms with Crippen LogP contribution in [0.15, 0.2) is 39.3 Å². The number of anilines is 2. The summed E-state index contributed by atoms with van der Waals surface area (Å²) in [5.74, 6) is -2.40. The molecular formula is C13H8Br2F2N2O. The van der Waals surface area contributed by atoms with Gasteiger partial charge in [-0.3, -0.25) is 4.79 Å². The summed E-state index contributed by atoms with van der Waals surface area (Å²) in [6, 6.07) is 6.72. The summed E-state index contributed by atoms with van der Waals surface area (Å²) in [5.41, 5.74) is 5.63. The Morgan fingerprint density at radius 1 is 1.10 bits per heavy atom. The Kier molecular flexibility index (Phi) is 4.39. The van der Waals surface area contributed by atoms with Crippen molar-refractivity contribution in [2.75, 3.05) is 11.1 Å². The van der Waals surface area contributed by atoms with Gasteiger partial charge in [0, 0.05) is 14.6 Å². The van der Waals surface area contributed by atoms with Crippen LogP contribution >= 0.6 is 31.9 Å². The molecular weight excluding hydrogens is 398 g/mol. The molecule has 0 aliphatic carbocycles. The van der Waals surface area contributed by atoms with Crippen LogP contribution < -0.4 is 11.1 Å². The van der Waals surface area contributed by atoms with Gasteiger partial charge in [-0.25, -0.2) is 8.78 Å². The maximum atomic E-state index is 13.6. The smallest absolute Gasteiger partial charge is 0.257 e. The van der Waals surface area contributed by atoms with E-state index in [0.717, 1.165) is 12.1 Å². The van der Waals surface area contributed by atoms with Gasteiger partial charge in [0.2, 0.25) is 0 Å². The highest BCUT2D eigenvalue weighted by Crippen LogP contribution is 2.26. The molecule has 0 atom stereocenters. The van der Waals surface area contributed by atoms with Gasteiger partial charge < -0.3 is 11.1 Å². The molecule has 0 saturated heterocycles. The normalized spacial score (nSPS) is 10.4. The number of halogens is 4. The summed E-state index contributed by atoms with van der Waals surface area (Å²) in [5, 5.41) is 2.19. The molecule has 20 heavy (non-hydrogen) atoms. The van der Waals surface area contributed by atoms with Crippen molar-refractivity contribution in [3.05, 3.63) is 56.5 Å². The van der Waals surface area contributed by atoms with Gasteiger partial charge in [0.25, 0.3) is 5.91 Å². The minimum atomic E-state index is -0.870. The molecule has 0 spiro atoms. The standard InChI is InChI=1S/C13H8Br2F2N2O/c14-6-3-10(16)12(11(17)4-6)19-13(20)8-5-7(18)1-2-9(8)15/h1-5H,18H2,(H,19,20). The fraction of sp³-hybridized carbons (Fsp3) is 0. The van der Waals surface area contributed by atoms with Crippen LogP contribution in [0.1, 0.15) is 10.4 Å². The van der Waals surface area contributed by atoms with Crippen molar-refractivity contribution in [2.24, 2.45) is 0 Å². The number of carbonyl (C=O) groups is 1. The van der Waals surface area contributed by atoms with Gasteiger partial charge in [0.05, 0.1) is 5.56 Å². The Hall–Kier alpha value is -1.47. The van der Waals surface area contributed by atoms with Crippen LogP contribution in [0.5, 0.6) is 0 Å². The van der Waals surface area contributed by atoms with Crippen molar-refractivity contribution in [1.29, 1.82) is 0 Å². The van der Waals surface area contributed by atoms with Gasteiger partial charge in [-0.05, 0) is 46.3 Å². The molecule has 0 aliphatic heterocycles. The topological polar surface area (TPSA) is 55.1 Å². The van der Waals surface area contributed by atoms with Crippen molar-refractivity contribution in [3.8, 4) is 0 Å². The molecule has 104 valence electrons.